The summed E-state index contributed by atoms with van der Waals surface area (Å²) in [5.74, 6) is 0. The fraction of sp³-hybridized carbons (Fsp3) is 0.917. The largest absolute Gasteiger partial charge is 0.301 e. The number of hydrogen-bond donors (Lipinski definition) is 0. The van der Waals surface area contributed by atoms with Crippen LogP contribution in [0, 0.1) is 11.3 Å². The second kappa shape index (κ2) is 9.02. The summed E-state index contributed by atoms with van der Waals surface area (Å²) in [5, 5.41) is 8.48. The van der Waals surface area contributed by atoms with Crippen molar-refractivity contribution in [2.45, 2.75) is 58.9 Å². The van der Waals surface area contributed by atoms with Gasteiger partial charge in [-0.05, 0) is 39.3 Å². The summed E-state index contributed by atoms with van der Waals surface area (Å²) in [5.41, 5.74) is 0. The SMILES string of the molecule is CCCCN(CCCC#N)C(C)CC. The second-order valence-corrected chi connectivity index (χ2v) is 3.91. The van der Waals surface area contributed by atoms with Crippen molar-refractivity contribution in [1.29, 1.82) is 5.26 Å². The van der Waals surface area contributed by atoms with E-state index in [0.29, 0.717) is 12.5 Å². The number of nitrogens with zero attached hydrogens (tertiary/aromatic N) is 2. The summed E-state index contributed by atoms with van der Waals surface area (Å²) in [6.07, 6.45) is 5.45. The van der Waals surface area contributed by atoms with Gasteiger partial charge in [0.1, 0.15) is 0 Å². The molecule has 0 fully saturated rings. The number of unbranched alkanes of at least 4 members (excludes halogenated alkanes) is 2. The first kappa shape index (κ1) is 13.4. The zero-order valence-electron chi connectivity index (χ0n) is 9.92. The molecule has 0 aliphatic rings. The minimum atomic E-state index is 0.667. The Balaban J connectivity index is 3.79. The summed E-state index contributed by atoms with van der Waals surface area (Å²) >= 11 is 0. The van der Waals surface area contributed by atoms with Crippen LogP contribution in [0.5, 0.6) is 0 Å². The Labute approximate surface area is 88.9 Å². The average molecular weight is 196 g/mol. The first-order chi connectivity index (χ1) is 6.76. The molecule has 0 aromatic rings. The quantitative estimate of drug-likeness (QED) is 0.557. The van der Waals surface area contributed by atoms with E-state index < -0.39 is 0 Å². The van der Waals surface area contributed by atoms with Crippen LogP contribution in [0.1, 0.15) is 52.9 Å². The van der Waals surface area contributed by atoms with E-state index in [9.17, 15) is 0 Å². The van der Waals surface area contributed by atoms with Crippen molar-refractivity contribution >= 4 is 0 Å². The third-order valence-electron chi connectivity index (χ3n) is 2.75. The Bertz CT molecular complexity index is 160. The Morgan fingerprint density at radius 1 is 1.21 bits per heavy atom. The molecule has 0 bridgehead atoms. The molecule has 1 unspecified atom stereocenters. The van der Waals surface area contributed by atoms with Crippen LogP contribution in [0.3, 0.4) is 0 Å². The van der Waals surface area contributed by atoms with Gasteiger partial charge in [0.15, 0.2) is 0 Å². The van der Waals surface area contributed by atoms with Gasteiger partial charge < -0.3 is 4.90 Å². The monoisotopic (exact) mass is 196 g/mol. The molecule has 0 aliphatic carbocycles. The maximum absolute atomic E-state index is 8.48. The molecule has 2 heteroatoms. The average Bonchev–Trinajstić information content (AvgIpc) is 2.22. The van der Waals surface area contributed by atoms with E-state index in [4.69, 9.17) is 5.26 Å². The van der Waals surface area contributed by atoms with E-state index in [1.165, 1.54) is 25.8 Å². The normalized spacial score (nSPS) is 12.8. The molecule has 0 rings (SSSR count). The van der Waals surface area contributed by atoms with E-state index in [0.717, 1.165) is 13.0 Å². The van der Waals surface area contributed by atoms with Gasteiger partial charge in [0.25, 0.3) is 0 Å². The Morgan fingerprint density at radius 3 is 2.36 bits per heavy atom. The van der Waals surface area contributed by atoms with E-state index in [-0.39, 0.29) is 0 Å². The van der Waals surface area contributed by atoms with Crippen molar-refractivity contribution in [3.8, 4) is 6.07 Å². The fourth-order valence-electron chi connectivity index (χ4n) is 1.53. The number of rotatable bonds is 8. The van der Waals surface area contributed by atoms with Gasteiger partial charge in [0, 0.05) is 12.5 Å². The molecule has 1 atom stereocenters. The molecule has 0 aliphatic heterocycles. The maximum atomic E-state index is 8.48. The lowest BCUT2D eigenvalue weighted by molar-refractivity contribution is 0.199. The van der Waals surface area contributed by atoms with Crippen LogP contribution in [0.25, 0.3) is 0 Å². The van der Waals surface area contributed by atoms with E-state index in [2.05, 4.69) is 31.7 Å². The van der Waals surface area contributed by atoms with Gasteiger partial charge in [0.05, 0.1) is 6.07 Å². The van der Waals surface area contributed by atoms with Gasteiger partial charge in [0.2, 0.25) is 0 Å². The van der Waals surface area contributed by atoms with Crippen LogP contribution in [0.15, 0.2) is 0 Å². The van der Waals surface area contributed by atoms with Crippen molar-refractivity contribution < 1.29 is 0 Å². The molecule has 0 aromatic heterocycles. The molecule has 0 spiro atoms. The summed E-state index contributed by atoms with van der Waals surface area (Å²) in [6.45, 7) is 9.01. The van der Waals surface area contributed by atoms with Crippen LogP contribution in [0.4, 0.5) is 0 Å². The lowest BCUT2D eigenvalue weighted by Crippen LogP contribution is -2.34. The molecule has 14 heavy (non-hydrogen) atoms. The van der Waals surface area contributed by atoms with Gasteiger partial charge in [-0.3, -0.25) is 0 Å². The summed E-state index contributed by atoms with van der Waals surface area (Å²) < 4.78 is 0. The van der Waals surface area contributed by atoms with E-state index in [1.54, 1.807) is 0 Å². The van der Waals surface area contributed by atoms with Crippen LogP contribution in [0.2, 0.25) is 0 Å². The highest BCUT2D eigenvalue weighted by Crippen LogP contribution is 2.07. The molecular formula is C12H24N2. The van der Waals surface area contributed by atoms with Gasteiger partial charge >= 0.3 is 0 Å². The van der Waals surface area contributed by atoms with Gasteiger partial charge in [-0.2, -0.15) is 5.26 Å². The number of hydrogen-bond acceptors (Lipinski definition) is 2. The predicted molar refractivity (Wildman–Crippen MR) is 61.1 cm³/mol. The van der Waals surface area contributed by atoms with Crippen LogP contribution in [-0.2, 0) is 0 Å². The van der Waals surface area contributed by atoms with Crippen LogP contribution >= 0.6 is 0 Å². The Kier molecular flexibility index (Phi) is 8.67. The molecule has 0 aromatic carbocycles. The summed E-state index contributed by atoms with van der Waals surface area (Å²) in [4.78, 5) is 2.51. The highest BCUT2D eigenvalue weighted by molar-refractivity contribution is 4.72. The summed E-state index contributed by atoms with van der Waals surface area (Å²) in [6, 6.07) is 2.88. The van der Waals surface area contributed by atoms with Crippen molar-refractivity contribution in [2.24, 2.45) is 0 Å². The molecule has 2 nitrogen and oxygen atoms in total. The lowest BCUT2D eigenvalue weighted by atomic mass is 10.2. The zero-order valence-corrected chi connectivity index (χ0v) is 9.92. The van der Waals surface area contributed by atoms with Crippen molar-refractivity contribution in [3.05, 3.63) is 0 Å². The molecule has 0 saturated carbocycles. The molecule has 0 N–H and O–H groups in total. The van der Waals surface area contributed by atoms with Crippen LogP contribution in [-0.4, -0.2) is 24.0 Å². The van der Waals surface area contributed by atoms with Crippen molar-refractivity contribution in [1.82, 2.24) is 4.90 Å². The number of nitriles is 1. The van der Waals surface area contributed by atoms with Gasteiger partial charge in [-0.25, -0.2) is 0 Å². The summed E-state index contributed by atoms with van der Waals surface area (Å²) in [7, 11) is 0. The fourth-order valence-corrected chi connectivity index (χ4v) is 1.53. The first-order valence-corrected chi connectivity index (χ1v) is 5.87. The van der Waals surface area contributed by atoms with E-state index >= 15 is 0 Å². The smallest absolute Gasteiger partial charge is 0.0622 e. The molecule has 0 radical (unpaired) electrons. The Morgan fingerprint density at radius 2 is 1.86 bits per heavy atom. The van der Waals surface area contributed by atoms with Crippen molar-refractivity contribution in [2.75, 3.05) is 13.1 Å². The maximum Gasteiger partial charge on any atom is 0.0622 e. The predicted octanol–water partition coefficient (Wildman–Crippen LogP) is 3.19. The van der Waals surface area contributed by atoms with Gasteiger partial charge in [-0.15, -0.1) is 0 Å². The molecule has 0 saturated heterocycles. The van der Waals surface area contributed by atoms with Gasteiger partial charge in [-0.1, -0.05) is 20.3 Å². The topological polar surface area (TPSA) is 27.0 Å². The third-order valence-corrected chi connectivity index (χ3v) is 2.75. The lowest BCUT2D eigenvalue weighted by Gasteiger charge is -2.27. The molecule has 0 heterocycles. The highest BCUT2D eigenvalue weighted by atomic mass is 15.1. The molecular weight excluding hydrogens is 172 g/mol. The highest BCUT2D eigenvalue weighted by Gasteiger charge is 2.10. The standard InChI is InChI=1S/C12H24N2/c1-4-6-10-14(12(3)5-2)11-8-7-9-13/h12H,4-8,10-11H2,1-3H3. The van der Waals surface area contributed by atoms with E-state index in [1.807, 2.05) is 0 Å². The second-order valence-electron chi connectivity index (χ2n) is 3.91. The first-order valence-electron chi connectivity index (χ1n) is 5.87. The van der Waals surface area contributed by atoms with Crippen molar-refractivity contribution in [3.63, 3.8) is 0 Å². The zero-order chi connectivity index (χ0) is 10.8. The minimum absolute atomic E-state index is 0.667. The third kappa shape index (κ3) is 5.99. The van der Waals surface area contributed by atoms with Crippen LogP contribution < -0.4 is 0 Å². The Hall–Kier alpha value is -0.550. The molecule has 0 amide bonds. The minimum Gasteiger partial charge on any atom is -0.301 e. The molecule has 82 valence electrons.